The van der Waals surface area contributed by atoms with E-state index in [1.165, 1.54) is 0 Å². The van der Waals surface area contributed by atoms with E-state index in [0.29, 0.717) is 6.54 Å². The fourth-order valence-electron chi connectivity index (χ4n) is 5.10. The molecule has 2 saturated heterocycles. The predicted molar refractivity (Wildman–Crippen MR) is 105 cm³/mol. The molecule has 5 rings (SSSR count). The zero-order valence-electron chi connectivity index (χ0n) is 16.2. The Morgan fingerprint density at radius 1 is 1.07 bits per heavy atom. The highest BCUT2D eigenvalue weighted by Gasteiger charge is 2.62. The molecule has 0 bridgehead atoms. The molecule has 0 unspecified atom stereocenters. The number of hydrogen-bond acceptors (Lipinski definition) is 5. The van der Waals surface area contributed by atoms with E-state index >= 15 is 0 Å². The van der Waals surface area contributed by atoms with Gasteiger partial charge >= 0.3 is 6.03 Å². The number of anilines is 1. The fraction of sp³-hybridized carbons (Fsp3) is 0.381. The van der Waals surface area contributed by atoms with E-state index in [1.807, 2.05) is 61.1 Å². The monoisotopic (exact) mass is 394 g/mol. The molecule has 4 heterocycles. The summed E-state index contributed by atoms with van der Waals surface area (Å²) >= 11 is 0. The van der Waals surface area contributed by atoms with Gasteiger partial charge in [-0.15, -0.1) is 0 Å². The fourth-order valence-corrected chi connectivity index (χ4v) is 5.10. The normalized spacial score (nSPS) is 27.9. The van der Waals surface area contributed by atoms with Crippen molar-refractivity contribution in [2.75, 3.05) is 11.4 Å². The van der Waals surface area contributed by atoms with Crippen LogP contribution in [0.4, 0.5) is 10.5 Å². The SMILES string of the molecule is C[C@@H]1CN2c3ccc(-n4cccc4)cc3CC3(C(=O)NC(=O)NC3=O)[C@H]2[C@H](C)O1. The number of fused-ring (bicyclic) bond motifs is 4. The van der Waals surface area contributed by atoms with Crippen LogP contribution in [0.15, 0.2) is 42.7 Å². The molecular weight excluding hydrogens is 372 g/mol. The van der Waals surface area contributed by atoms with E-state index in [1.54, 1.807) is 0 Å². The van der Waals surface area contributed by atoms with E-state index in [0.717, 1.165) is 16.9 Å². The number of imide groups is 2. The Balaban J connectivity index is 1.69. The number of benzene rings is 1. The largest absolute Gasteiger partial charge is 0.372 e. The van der Waals surface area contributed by atoms with Crippen molar-refractivity contribution in [2.24, 2.45) is 5.41 Å². The Morgan fingerprint density at radius 3 is 2.45 bits per heavy atom. The summed E-state index contributed by atoms with van der Waals surface area (Å²) in [6.45, 7) is 4.42. The Hall–Kier alpha value is -3.13. The van der Waals surface area contributed by atoms with Gasteiger partial charge in [-0.2, -0.15) is 0 Å². The van der Waals surface area contributed by atoms with Gasteiger partial charge in [0.15, 0.2) is 5.41 Å². The summed E-state index contributed by atoms with van der Waals surface area (Å²) in [6, 6.07) is 8.68. The number of barbiturate groups is 1. The summed E-state index contributed by atoms with van der Waals surface area (Å²) in [5.74, 6) is -1.13. The third-order valence-electron chi connectivity index (χ3n) is 6.19. The molecule has 2 N–H and O–H groups in total. The molecule has 3 aliphatic rings. The first-order valence-electron chi connectivity index (χ1n) is 9.75. The van der Waals surface area contributed by atoms with Crippen LogP contribution in [0.1, 0.15) is 19.4 Å². The first-order valence-corrected chi connectivity index (χ1v) is 9.75. The summed E-state index contributed by atoms with van der Waals surface area (Å²) in [7, 11) is 0. The molecule has 3 atom stereocenters. The summed E-state index contributed by atoms with van der Waals surface area (Å²) in [4.78, 5) is 40.1. The number of amides is 4. The van der Waals surface area contributed by atoms with Gasteiger partial charge in [0.1, 0.15) is 0 Å². The second kappa shape index (κ2) is 6.18. The maximum absolute atomic E-state index is 13.1. The summed E-state index contributed by atoms with van der Waals surface area (Å²) < 4.78 is 7.99. The molecule has 1 aromatic heterocycles. The number of morpholine rings is 1. The van der Waals surface area contributed by atoms with Gasteiger partial charge in [0.05, 0.1) is 18.2 Å². The smallest absolute Gasteiger partial charge is 0.328 e. The number of carbonyl (C=O) groups excluding carboxylic acids is 3. The summed E-state index contributed by atoms with van der Waals surface area (Å²) in [5, 5.41) is 4.62. The van der Waals surface area contributed by atoms with Crippen LogP contribution in [0.5, 0.6) is 0 Å². The maximum atomic E-state index is 13.1. The van der Waals surface area contributed by atoms with Crippen molar-refractivity contribution in [1.82, 2.24) is 15.2 Å². The molecule has 8 nitrogen and oxygen atoms in total. The molecule has 29 heavy (non-hydrogen) atoms. The first kappa shape index (κ1) is 17.9. The summed E-state index contributed by atoms with van der Waals surface area (Å²) in [5.41, 5.74) is 1.41. The molecule has 1 aromatic carbocycles. The molecule has 2 fully saturated rings. The van der Waals surface area contributed by atoms with Crippen LogP contribution in [0.3, 0.4) is 0 Å². The first-order chi connectivity index (χ1) is 13.9. The maximum Gasteiger partial charge on any atom is 0.328 e. The van der Waals surface area contributed by atoms with E-state index in [9.17, 15) is 14.4 Å². The number of rotatable bonds is 1. The number of aromatic nitrogens is 1. The molecule has 150 valence electrons. The highest BCUT2D eigenvalue weighted by Crippen LogP contribution is 2.47. The third-order valence-corrected chi connectivity index (χ3v) is 6.19. The Kier molecular flexibility index (Phi) is 3.82. The van der Waals surface area contributed by atoms with Gasteiger partial charge in [0.2, 0.25) is 11.8 Å². The number of urea groups is 1. The van der Waals surface area contributed by atoms with Gasteiger partial charge in [-0.3, -0.25) is 20.2 Å². The van der Waals surface area contributed by atoms with Gasteiger partial charge in [0, 0.05) is 30.3 Å². The molecule has 3 aliphatic heterocycles. The van der Waals surface area contributed by atoms with E-state index in [2.05, 4.69) is 15.5 Å². The second-order valence-electron chi connectivity index (χ2n) is 8.04. The minimum atomic E-state index is -1.43. The number of carbonyl (C=O) groups is 3. The molecule has 4 amide bonds. The van der Waals surface area contributed by atoms with Crippen LogP contribution in [0, 0.1) is 5.41 Å². The molecule has 1 spiro atoms. The molecule has 0 radical (unpaired) electrons. The van der Waals surface area contributed by atoms with E-state index in [-0.39, 0.29) is 18.6 Å². The topological polar surface area (TPSA) is 92.7 Å². The van der Waals surface area contributed by atoms with Crippen LogP contribution >= 0.6 is 0 Å². The van der Waals surface area contributed by atoms with Crippen LogP contribution in [0.25, 0.3) is 5.69 Å². The number of nitrogens with zero attached hydrogens (tertiary/aromatic N) is 2. The molecule has 0 saturated carbocycles. The van der Waals surface area contributed by atoms with Crippen molar-refractivity contribution in [2.45, 2.75) is 38.5 Å². The summed E-state index contributed by atoms with van der Waals surface area (Å²) in [6.07, 6.45) is 3.68. The lowest BCUT2D eigenvalue weighted by Gasteiger charge is -2.55. The Labute approximate surface area is 167 Å². The molecule has 0 aliphatic carbocycles. The van der Waals surface area contributed by atoms with Crippen molar-refractivity contribution in [1.29, 1.82) is 0 Å². The van der Waals surface area contributed by atoms with Crippen molar-refractivity contribution in [3.8, 4) is 5.69 Å². The number of ether oxygens (including phenoxy) is 1. The van der Waals surface area contributed by atoms with Crippen molar-refractivity contribution < 1.29 is 19.1 Å². The minimum absolute atomic E-state index is 0.0512. The van der Waals surface area contributed by atoms with Gasteiger partial charge in [-0.25, -0.2) is 4.79 Å². The van der Waals surface area contributed by atoms with Crippen molar-refractivity contribution in [3.63, 3.8) is 0 Å². The van der Waals surface area contributed by atoms with Crippen LogP contribution in [-0.2, 0) is 20.7 Å². The van der Waals surface area contributed by atoms with Gasteiger partial charge in [0.25, 0.3) is 0 Å². The highest BCUT2D eigenvalue weighted by molar-refractivity contribution is 6.20. The lowest BCUT2D eigenvalue weighted by Crippen LogP contribution is -2.75. The molecular formula is C21H22N4O4. The average molecular weight is 394 g/mol. The Bertz CT molecular complexity index is 996. The van der Waals surface area contributed by atoms with Crippen LogP contribution in [-0.4, -0.2) is 47.2 Å². The third kappa shape index (κ3) is 2.52. The number of nitrogens with one attached hydrogen (secondary N) is 2. The standard InChI is InChI=1S/C21H22N4O4/c1-12-11-25-16-6-5-15(24-7-3-4-8-24)9-14(16)10-21(17(25)13(2)29-12)18(26)22-20(28)23-19(21)27/h3-9,12-13,17H,10-11H2,1-2H3,(H2,22,23,26,27,28)/t12-,13+,17-/m1/s1. The molecule has 2 aromatic rings. The minimum Gasteiger partial charge on any atom is -0.372 e. The van der Waals surface area contributed by atoms with Crippen molar-refractivity contribution in [3.05, 3.63) is 48.3 Å². The van der Waals surface area contributed by atoms with Crippen molar-refractivity contribution >= 4 is 23.5 Å². The lowest BCUT2D eigenvalue weighted by molar-refractivity contribution is -0.153. The molecule has 8 heteroatoms. The Morgan fingerprint density at radius 2 is 1.76 bits per heavy atom. The zero-order chi connectivity index (χ0) is 20.3. The van der Waals surface area contributed by atoms with Gasteiger partial charge in [-0.05, 0) is 56.2 Å². The predicted octanol–water partition coefficient (Wildman–Crippen LogP) is 1.37. The number of hydrogen-bond donors (Lipinski definition) is 2. The zero-order valence-corrected chi connectivity index (χ0v) is 16.2. The highest BCUT2D eigenvalue weighted by atomic mass is 16.5. The average Bonchev–Trinajstić information content (AvgIpc) is 3.20. The van der Waals surface area contributed by atoms with Crippen LogP contribution < -0.4 is 15.5 Å². The van der Waals surface area contributed by atoms with Crippen LogP contribution in [0.2, 0.25) is 0 Å². The van der Waals surface area contributed by atoms with E-state index < -0.39 is 29.3 Å². The quantitative estimate of drug-likeness (QED) is 0.713. The van der Waals surface area contributed by atoms with Gasteiger partial charge < -0.3 is 14.2 Å². The lowest BCUT2D eigenvalue weighted by atomic mass is 9.66. The van der Waals surface area contributed by atoms with E-state index in [4.69, 9.17) is 4.74 Å². The second-order valence-corrected chi connectivity index (χ2v) is 8.04. The van der Waals surface area contributed by atoms with Gasteiger partial charge in [-0.1, -0.05) is 0 Å².